The van der Waals surface area contributed by atoms with Gasteiger partial charge in [0.15, 0.2) is 0 Å². The van der Waals surface area contributed by atoms with Gasteiger partial charge in [0.2, 0.25) is 0 Å². The van der Waals surface area contributed by atoms with Crippen molar-refractivity contribution in [3.63, 3.8) is 0 Å². The number of rotatable bonds is 4. The maximum Gasteiger partial charge on any atom is 0.305 e. The predicted molar refractivity (Wildman–Crippen MR) is 54.0 cm³/mol. The van der Waals surface area contributed by atoms with Crippen molar-refractivity contribution in [3.8, 4) is 0 Å². The standard InChI is InChI=1S/C11H20O3/c1-3-5-10-9(6-4-7-14-10)8-11(12)13-2/h9-10H,3-8H2,1-2H3. The van der Waals surface area contributed by atoms with Crippen LogP contribution in [0.3, 0.4) is 0 Å². The second kappa shape index (κ2) is 6.02. The van der Waals surface area contributed by atoms with E-state index in [0.717, 1.165) is 32.3 Å². The smallest absolute Gasteiger partial charge is 0.305 e. The fraction of sp³-hybridized carbons (Fsp3) is 0.909. The number of hydrogen-bond acceptors (Lipinski definition) is 3. The van der Waals surface area contributed by atoms with Crippen molar-refractivity contribution in [2.45, 2.75) is 45.1 Å². The Bertz CT molecular complexity index is 177. The SMILES string of the molecule is CCCC1OCCCC1CC(=O)OC. The first kappa shape index (κ1) is 11.5. The summed E-state index contributed by atoms with van der Waals surface area (Å²) in [7, 11) is 1.45. The first-order valence-corrected chi connectivity index (χ1v) is 5.46. The molecule has 0 radical (unpaired) electrons. The molecular weight excluding hydrogens is 180 g/mol. The van der Waals surface area contributed by atoms with E-state index in [9.17, 15) is 4.79 Å². The van der Waals surface area contributed by atoms with Crippen LogP contribution < -0.4 is 0 Å². The molecule has 0 saturated carbocycles. The molecule has 2 unspecified atom stereocenters. The Morgan fingerprint density at radius 2 is 2.36 bits per heavy atom. The van der Waals surface area contributed by atoms with Crippen LogP contribution in [0.25, 0.3) is 0 Å². The molecule has 2 atom stereocenters. The van der Waals surface area contributed by atoms with Crippen LogP contribution in [0.2, 0.25) is 0 Å². The van der Waals surface area contributed by atoms with Crippen LogP contribution in [0.15, 0.2) is 0 Å². The molecule has 1 aliphatic rings. The zero-order valence-corrected chi connectivity index (χ0v) is 9.12. The lowest BCUT2D eigenvalue weighted by Crippen LogP contribution is -2.31. The van der Waals surface area contributed by atoms with E-state index < -0.39 is 0 Å². The molecule has 1 saturated heterocycles. The van der Waals surface area contributed by atoms with Gasteiger partial charge in [-0.15, -0.1) is 0 Å². The lowest BCUT2D eigenvalue weighted by Gasteiger charge is -2.30. The normalized spacial score (nSPS) is 27.3. The molecular formula is C11H20O3. The average Bonchev–Trinajstić information content (AvgIpc) is 2.21. The molecule has 0 aliphatic carbocycles. The second-order valence-electron chi connectivity index (χ2n) is 3.88. The van der Waals surface area contributed by atoms with Crippen molar-refractivity contribution in [3.05, 3.63) is 0 Å². The van der Waals surface area contributed by atoms with Gasteiger partial charge >= 0.3 is 5.97 Å². The van der Waals surface area contributed by atoms with Crippen LogP contribution in [-0.2, 0) is 14.3 Å². The summed E-state index contributed by atoms with van der Waals surface area (Å²) in [4.78, 5) is 11.2. The van der Waals surface area contributed by atoms with Gasteiger partial charge in [0.25, 0.3) is 0 Å². The zero-order valence-electron chi connectivity index (χ0n) is 9.12. The Kier molecular flexibility index (Phi) is 4.94. The second-order valence-corrected chi connectivity index (χ2v) is 3.88. The van der Waals surface area contributed by atoms with E-state index in [1.807, 2.05) is 0 Å². The summed E-state index contributed by atoms with van der Waals surface area (Å²) in [5.74, 6) is 0.262. The number of carbonyl (C=O) groups excluding carboxylic acids is 1. The summed E-state index contributed by atoms with van der Waals surface area (Å²) in [6.07, 6.45) is 5.13. The molecule has 14 heavy (non-hydrogen) atoms. The fourth-order valence-electron chi connectivity index (χ4n) is 2.04. The first-order valence-electron chi connectivity index (χ1n) is 5.46. The third kappa shape index (κ3) is 3.29. The summed E-state index contributed by atoms with van der Waals surface area (Å²) in [5.41, 5.74) is 0. The molecule has 3 nitrogen and oxygen atoms in total. The number of esters is 1. The van der Waals surface area contributed by atoms with Gasteiger partial charge in [-0.05, 0) is 25.2 Å². The topological polar surface area (TPSA) is 35.5 Å². The van der Waals surface area contributed by atoms with E-state index in [0.29, 0.717) is 12.3 Å². The third-order valence-corrected chi connectivity index (χ3v) is 2.81. The molecule has 0 N–H and O–H groups in total. The van der Waals surface area contributed by atoms with E-state index in [-0.39, 0.29) is 12.1 Å². The van der Waals surface area contributed by atoms with Gasteiger partial charge in [-0.1, -0.05) is 13.3 Å². The highest BCUT2D eigenvalue weighted by Crippen LogP contribution is 2.27. The third-order valence-electron chi connectivity index (χ3n) is 2.81. The van der Waals surface area contributed by atoms with Crippen molar-refractivity contribution in [1.82, 2.24) is 0 Å². The van der Waals surface area contributed by atoms with Crippen LogP contribution in [-0.4, -0.2) is 25.8 Å². The molecule has 1 aliphatic heterocycles. The molecule has 82 valence electrons. The maximum absolute atomic E-state index is 11.2. The number of carbonyl (C=O) groups is 1. The maximum atomic E-state index is 11.2. The largest absolute Gasteiger partial charge is 0.469 e. The van der Waals surface area contributed by atoms with Crippen molar-refractivity contribution in [2.24, 2.45) is 5.92 Å². The van der Waals surface area contributed by atoms with E-state index in [2.05, 4.69) is 11.7 Å². The highest BCUT2D eigenvalue weighted by atomic mass is 16.5. The fourth-order valence-corrected chi connectivity index (χ4v) is 2.04. The van der Waals surface area contributed by atoms with Gasteiger partial charge in [-0.25, -0.2) is 0 Å². The molecule has 0 aromatic carbocycles. The van der Waals surface area contributed by atoms with Crippen molar-refractivity contribution < 1.29 is 14.3 Å². The molecule has 0 aromatic rings. The van der Waals surface area contributed by atoms with Gasteiger partial charge < -0.3 is 9.47 Å². The van der Waals surface area contributed by atoms with Crippen LogP contribution in [0.1, 0.15) is 39.0 Å². The minimum absolute atomic E-state index is 0.110. The summed E-state index contributed by atoms with van der Waals surface area (Å²) in [5, 5.41) is 0. The molecule has 1 fully saturated rings. The average molecular weight is 200 g/mol. The molecule has 0 spiro atoms. The quantitative estimate of drug-likeness (QED) is 0.652. The Morgan fingerprint density at radius 3 is 3.00 bits per heavy atom. The Hall–Kier alpha value is -0.570. The van der Waals surface area contributed by atoms with Crippen LogP contribution >= 0.6 is 0 Å². The molecule has 1 rings (SSSR count). The number of methoxy groups -OCH3 is 1. The molecule has 3 heteroatoms. The van der Waals surface area contributed by atoms with E-state index in [1.165, 1.54) is 7.11 Å². The summed E-state index contributed by atoms with van der Waals surface area (Å²) in [6.45, 7) is 3.00. The van der Waals surface area contributed by atoms with E-state index in [1.54, 1.807) is 0 Å². The lowest BCUT2D eigenvalue weighted by atomic mass is 9.89. The van der Waals surface area contributed by atoms with Crippen molar-refractivity contribution in [2.75, 3.05) is 13.7 Å². The van der Waals surface area contributed by atoms with Gasteiger partial charge in [-0.2, -0.15) is 0 Å². The van der Waals surface area contributed by atoms with Crippen LogP contribution in [0.5, 0.6) is 0 Å². The summed E-state index contributed by atoms with van der Waals surface area (Å²) < 4.78 is 10.4. The molecule has 0 amide bonds. The summed E-state index contributed by atoms with van der Waals surface area (Å²) >= 11 is 0. The van der Waals surface area contributed by atoms with Crippen molar-refractivity contribution >= 4 is 5.97 Å². The highest BCUT2D eigenvalue weighted by molar-refractivity contribution is 5.69. The number of ether oxygens (including phenoxy) is 2. The molecule has 1 heterocycles. The van der Waals surface area contributed by atoms with E-state index in [4.69, 9.17) is 4.74 Å². The monoisotopic (exact) mass is 200 g/mol. The molecule has 0 aromatic heterocycles. The minimum Gasteiger partial charge on any atom is -0.469 e. The number of hydrogen-bond donors (Lipinski definition) is 0. The summed E-state index contributed by atoms with van der Waals surface area (Å²) in [6, 6.07) is 0. The minimum atomic E-state index is -0.110. The Balaban J connectivity index is 2.41. The lowest BCUT2D eigenvalue weighted by molar-refractivity contribution is -0.144. The molecule has 0 bridgehead atoms. The Labute approximate surface area is 85.8 Å². The van der Waals surface area contributed by atoms with E-state index >= 15 is 0 Å². The van der Waals surface area contributed by atoms with Gasteiger partial charge in [0.1, 0.15) is 0 Å². The highest BCUT2D eigenvalue weighted by Gasteiger charge is 2.27. The van der Waals surface area contributed by atoms with Gasteiger partial charge in [0.05, 0.1) is 19.6 Å². The first-order chi connectivity index (χ1) is 6.77. The Morgan fingerprint density at radius 1 is 1.57 bits per heavy atom. The van der Waals surface area contributed by atoms with Crippen LogP contribution in [0, 0.1) is 5.92 Å². The van der Waals surface area contributed by atoms with Crippen LogP contribution in [0.4, 0.5) is 0 Å². The van der Waals surface area contributed by atoms with Crippen molar-refractivity contribution in [1.29, 1.82) is 0 Å². The zero-order chi connectivity index (χ0) is 10.4. The van der Waals surface area contributed by atoms with Gasteiger partial charge in [0, 0.05) is 6.61 Å². The van der Waals surface area contributed by atoms with Gasteiger partial charge in [-0.3, -0.25) is 4.79 Å². The predicted octanol–water partition coefficient (Wildman–Crippen LogP) is 2.14.